The first-order chi connectivity index (χ1) is 3.73. The van der Waals surface area contributed by atoms with E-state index >= 15 is 0 Å². The molecule has 0 aromatic rings. The van der Waals surface area contributed by atoms with Gasteiger partial charge in [0.05, 0.1) is 0 Å². The van der Waals surface area contributed by atoms with Crippen molar-refractivity contribution in [3.63, 3.8) is 0 Å². The molecule has 0 amide bonds. The van der Waals surface area contributed by atoms with Crippen molar-refractivity contribution in [1.82, 2.24) is 0 Å². The fourth-order valence-electron chi connectivity index (χ4n) is 0. The average molecular weight is 188 g/mol. The van der Waals surface area contributed by atoms with Crippen molar-refractivity contribution in [1.29, 1.82) is 0 Å². The Hall–Kier alpha value is 0.200. The van der Waals surface area contributed by atoms with Crippen LogP contribution in [0.3, 0.4) is 0 Å². The first-order valence-electron chi connectivity index (χ1n) is 2.14. The van der Waals surface area contributed by atoms with Gasteiger partial charge in [0, 0.05) is 0 Å². The van der Waals surface area contributed by atoms with Crippen LogP contribution in [-0.2, 0) is 4.57 Å². The van der Waals surface area contributed by atoms with E-state index in [4.69, 9.17) is 19.2 Å². The molecule has 0 rings (SSSR count). The highest BCUT2D eigenvalue weighted by molar-refractivity contribution is 7.59. The summed E-state index contributed by atoms with van der Waals surface area (Å²) >= 11 is 0. The molecule has 0 atom stereocenters. The van der Waals surface area contributed by atoms with Gasteiger partial charge in [-0.3, -0.25) is 0 Å². The third-order valence-electron chi connectivity index (χ3n) is 0. The highest BCUT2D eigenvalue weighted by atomic mass is 32.1. The van der Waals surface area contributed by atoms with E-state index in [-0.39, 0.29) is 13.5 Å². The van der Waals surface area contributed by atoms with Gasteiger partial charge in [-0.2, -0.15) is 13.5 Å². The molecule has 0 aromatic carbocycles. The van der Waals surface area contributed by atoms with Gasteiger partial charge in [-0.25, -0.2) is 4.57 Å². The van der Waals surface area contributed by atoms with Crippen LogP contribution >= 0.6 is 21.3 Å². The molecule has 6 heteroatoms. The summed E-state index contributed by atoms with van der Waals surface area (Å²) in [6, 6.07) is 0. The van der Waals surface area contributed by atoms with E-state index in [0.717, 1.165) is 0 Å². The van der Waals surface area contributed by atoms with Crippen molar-refractivity contribution in [2.75, 3.05) is 0 Å². The number of allylic oxidation sites excluding steroid dienone is 1. The van der Waals surface area contributed by atoms with Crippen molar-refractivity contribution < 1.29 is 19.2 Å². The van der Waals surface area contributed by atoms with Gasteiger partial charge < -0.3 is 14.7 Å². The van der Waals surface area contributed by atoms with Gasteiger partial charge in [0.25, 0.3) is 0 Å². The summed E-state index contributed by atoms with van der Waals surface area (Å²) in [5.74, 6) is 0. The zero-order valence-electron chi connectivity index (χ0n) is 5.90. The van der Waals surface area contributed by atoms with Crippen LogP contribution in [0.25, 0.3) is 0 Å². The molecular formula is C4H13O4PS. The topological polar surface area (TPSA) is 77.8 Å². The van der Waals surface area contributed by atoms with E-state index in [9.17, 15) is 0 Å². The molecule has 0 aliphatic rings. The summed E-state index contributed by atoms with van der Waals surface area (Å²) in [6.07, 6.45) is 0. The summed E-state index contributed by atoms with van der Waals surface area (Å²) in [4.78, 5) is 21.6. The fourth-order valence-corrected chi connectivity index (χ4v) is 0. The average Bonchev–Trinajstić information content (AvgIpc) is 1.19. The summed E-state index contributed by atoms with van der Waals surface area (Å²) < 4.78 is 8.88. The predicted octanol–water partition coefficient (Wildman–Crippen LogP) is 0.767. The molecular weight excluding hydrogens is 175 g/mol. The maximum Gasteiger partial charge on any atom is 0.466 e. The van der Waals surface area contributed by atoms with Crippen LogP contribution in [0.4, 0.5) is 0 Å². The van der Waals surface area contributed by atoms with E-state index in [1.807, 2.05) is 13.8 Å². The van der Waals surface area contributed by atoms with E-state index < -0.39 is 7.82 Å². The summed E-state index contributed by atoms with van der Waals surface area (Å²) in [6.45, 7) is 7.50. The lowest BCUT2D eigenvalue weighted by molar-refractivity contribution is 0.275. The molecule has 0 heterocycles. The Morgan fingerprint density at radius 2 is 1.30 bits per heavy atom. The Kier molecular flexibility index (Phi) is 12.2. The minimum Gasteiger partial charge on any atom is -0.303 e. The van der Waals surface area contributed by atoms with Gasteiger partial charge >= 0.3 is 7.82 Å². The third-order valence-corrected chi connectivity index (χ3v) is 0. The molecule has 3 N–H and O–H groups in total. The normalized spacial score (nSPS) is 8.50. The minimum atomic E-state index is -4.64. The van der Waals surface area contributed by atoms with Crippen molar-refractivity contribution in [2.24, 2.45) is 0 Å². The van der Waals surface area contributed by atoms with Crippen LogP contribution < -0.4 is 0 Å². The van der Waals surface area contributed by atoms with Gasteiger partial charge in [-0.05, 0) is 13.8 Å². The van der Waals surface area contributed by atoms with Gasteiger partial charge in [-0.1, -0.05) is 5.57 Å². The first kappa shape index (κ1) is 16.7. The molecule has 0 aliphatic heterocycles. The maximum atomic E-state index is 8.88. The van der Waals surface area contributed by atoms with Gasteiger partial charge in [0.2, 0.25) is 0 Å². The van der Waals surface area contributed by atoms with E-state index in [0.29, 0.717) is 0 Å². The molecule has 0 fully saturated rings. The Labute approximate surface area is 67.3 Å². The van der Waals surface area contributed by atoms with Gasteiger partial charge in [-0.15, -0.1) is 6.58 Å². The molecule has 0 aliphatic carbocycles. The van der Waals surface area contributed by atoms with E-state index in [2.05, 4.69) is 6.58 Å². The minimum absolute atomic E-state index is 0. The molecule has 4 nitrogen and oxygen atoms in total. The van der Waals surface area contributed by atoms with Crippen molar-refractivity contribution >= 4 is 21.3 Å². The maximum absolute atomic E-state index is 8.88. The molecule has 0 spiro atoms. The van der Waals surface area contributed by atoms with E-state index in [1.165, 1.54) is 5.57 Å². The quantitative estimate of drug-likeness (QED) is 0.387. The SMILES string of the molecule is C=C(C)C.O=P(O)(O)O.S. The van der Waals surface area contributed by atoms with Crippen LogP contribution in [-0.4, -0.2) is 14.7 Å². The summed E-state index contributed by atoms with van der Waals surface area (Å²) in [5.41, 5.74) is 1.17. The molecule has 0 bridgehead atoms. The monoisotopic (exact) mass is 188 g/mol. The first-order valence-corrected chi connectivity index (χ1v) is 3.70. The number of hydrogen-bond donors (Lipinski definition) is 3. The number of rotatable bonds is 0. The Morgan fingerprint density at radius 1 is 1.30 bits per heavy atom. The Balaban J connectivity index is -0.0000000910. The van der Waals surface area contributed by atoms with Crippen molar-refractivity contribution in [2.45, 2.75) is 13.8 Å². The van der Waals surface area contributed by atoms with Crippen LogP contribution in [0.1, 0.15) is 13.8 Å². The fraction of sp³-hybridized carbons (Fsp3) is 0.500. The second-order valence-electron chi connectivity index (χ2n) is 1.72. The Bertz CT molecular complexity index is 117. The molecule has 0 radical (unpaired) electrons. The second kappa shape index (κ2) is 7.31. The molecule has 0 saturated carbocycles. The number of hydrogen-bond acceptors (Lipinski definition) is 1. The van der Waals surface area contributed by atoms with Crippen LogP contribution in [0, 0.1) is 0 Å². The lowest BCUT2D eigenvalue weighted by Crippen LogP contribution is -1.66. The van der Waals surface area contributed by atoms with Crippen molar-refractivity contribution in [3.8, 4) is 0 Å². The molecule has 0 unspecified atom stereocenters. The van der Waals surface area contributed by atoms with Gasteiger partial charge in [0.1, 0.15) is 0 Å². The van der Waals surface area contributed by atoms with Crippen LogP contribution in [0.2, 0.25) is 0 Å². The molecule has 0 saturated heterocycles. The third kappa shape index (κ3) is 10600. The Morgan fingerprint density at radius 3 is 1.30 bits per heavy atom. The highest BCUT2D eigenvalue weighted by Crippen LogP contribution is 2.25. The zero-order chi connectivity index (χ0) is 8.08. The summed E-state index contributed by atoms with van der Waals surface area (Å²) in [5, 5.41) is 0. The molecule has 0 aromatic heterocycles. The lowest BCUT2D eigenvalue weighted by atomic mass is 10.4. The van der Waals surface area contributed by atoms with Crippen LogP contribution in [0.15, 0.2) is 12.2 Å². The lowest BCUT2D eigenvalue weighted by Gasteiger charge is -1.82. The number of phosphoric acid groups is 1. The van der Waals surface area contributed by atoms with Crippen LogP contribution in [0.5, 0.6) is 0 Å². The van der Waals surface area contributed by atoms with E-state index in [1.54, 1.807) is 0 Å². The molecule has 64 valence electrons. The highest BCUT2D eigenvalue weighted by Gasteiger charge is 2.00. The smallest absolute Gasteiger partial charge is 0.303 e. The van der Waals surface area contributed by atoms with Gasteiger partial charge in [0.15, 0.2) is 0 Å². The molecule has 10 heavy (non-hydrogen) atoms. The van der Waals surface area contributed by atoms with Crippen molar-refractivity contribution in [3.05, 3.63) is 12.2 Å². The largest absolute Gasteiger partial charge is 0.466 e. The zero-order valence-corrected chi connectivity index (χ0v) is 7.80. The predicted molar refractivity (Wildman–Crippen MR) is 45.1 cm³/mol. The second-order valence-corrected chi connectivity index (χ2v) is 2.75. The standard InChI is InChI=1S/C4H8.H3O4P.H2S/c1-4(2)3;1-5(2,3)4;/h1H2,2-3H3;(H3,1,2,3,4);1H2. The summed E-state index contributed by atoms with van der Waals surface area (Å²) in [7, 11) is -4.64.